The van der Waals surface area contributed by atoms with E-state index in [-0.39, 0.29) is 11.8 Å². The largest absolute Gasteiger partial charge is 0.325 e. The van der Waals surface area contributed by atoms with Crippen LogP contribution in [-0.2, 0) is 4.79 Å². The van der Waals surface area contributed by atoms with E-state index in [9.17, 15) is 4.79 Å². The summed E-state index contributed by atoms with van der Waals surface area (Å²) in [4.78, 5) is 11.8. The highest BCUT2D eigenvalue weighted by Gasteiger charge is 2.31. The van der Waals surface area contributed by atoms with Gasteiger partial charge in [0, 0.05) is 5.69 Å². The maximum atomic E-state index is 11.8. The lowest BCUT2D eigenvalue weighted by Crippen LogP contribution is -2.12. The summed E-state index contributed by atoms with van der Waals surface area (Å²) in [6.07, 6.45) is 0. The van der Waals surface area contributed by atoms with E-state index < -0.39 is 0 Å². The molecule has 3 heteroatoms. The minimum absolute atomic E-state index is 0.0783. The van der Waals surface area contributed by atoms with E-state index in [0.717, 1.165) is 16.8 Å². The molecule has 2 heterocycles. The van der Waals surface area contributed by atoms with E-state index in [1.807, 2.05) is 41.1 Å². The van der Waals surface area contributed by atoms with Crippen molar-refractivity contribution in [1.29, 1.82) is 0 Å². The van der Waals surface area contributed by atoms with E-state index >= 15 is 0 Å². The quantitative estimate of drug-likeness (QED) is 0.778. The van der Waals surface area contributed by atoms with Gasteiger partial charge in [-0.3, -0.25) is 4.79 Å². The maximum absolute atomic E-state index is 11.8. The zero-order chi connectivity index (χ0) is 10.3. The summed E-state index contributed by atoms with van der Waals surface area (Å²) >= 11 is 1.62. The van der Waals surface area contributed by atoms with Crippen molar-refractivity contribution >= 4 is 22.9 Å². The first-order chi connectivity index (χ1) is 7.36. The highest BCUT2D eigenvalue weighted by atomic mass is 32.1. The molecule has 15 heavy (non-hydrogen) atoms. The third kappa shape index (κ3) is 1.27. The first-order valence-corrected chi connectivity index (χ1v) is 5.72. The molecule has 0 saturated heterocycles. The topological polar surface area (TPSA) is 29.1 Å². The molecule has 0 fully saturated rings. The third-order valence-corrected chi connectivity index (χ3v) is 3.37. The van der Waals surface area contributed by atoms with Crippen molar-refractivity contribution in [2.24, 2.45) is 0 Å². The molecule has 0 bridgehead atoms. The van der Waals surface area contributed by atoms with Crippen molar-refractivity contribution in [2.75, 3.05) is 5.32 Å². The summed E-state index contributed by atoms with van der Waals surface area (Å²) in [6.45, 7) is 0. The van der Waals surface area contributed by atoms with Gasteiger partial charge >= 0.3 is 0 Å². The first-order valence-electron chi connectivity index (χ1n) is 4.78. The number of fused-ring (bicyclic) bond motifs is 1. The van der Waals surface area contributed by atoms with Gasteiger partial charge in [0.2, 0.25) is 5.91 Å². The monoisotopic (exact) mass is 215 g/mol. The zero-order valence-electron chi connectivity index (χ0n) is 7.94. The molecular formula is C12H9NOS. The Bertz CT molecular complexity index is 504. The molecule has 1 aliphatic rings. The van der Waals surface area contributed by atoms with Crippen LogP contribution in [0.5, 0.6) is 0 Å². The summed E-state index contributed by atoms with van der Waals surface area (Å²) in [6, 6.07) is 9.87. The molecule has 2 nitrogen and oxygen atoms in total. The normalized spacial score (nSPS) is 18.7. The molecule has 1 aliphatic heterocycles. The second kappa shape index (κ2) is 3.21. The number of thiophene rings is 1. The van der Waals surface area contributed by atoms with Gasteiger partial charge in [-0.15, -0.1) is 0 Å². The van der Waals surface area contributed by atoms with Gasteiger partial charge in [0.15, 0.2) is 0 Å². The molecule has 2 aromatic rings. The van der Waals surface area contributed by atoms with Gasteiger partial charge in [-0.2, -0.15) is 11.3 Å². The number of anilines is 1. The van der Waals surface area contributed by atoms with Crippen molar-refractivity contribution in [1.82, 2.24) is 0 Å². The second-order valence-corrected chi connectivity index (χ2v) is 4.35. The molecule has 74 valence electrons. The van der Waals surface area contributed by atoms with Crippen molar-refractivity contribution in [3.8, 4) is 0 Å². The standard InChI is InChI=1S/C12H9NOS/c14-12-11(8-5-6-15-7-8)9-3-1-2-4-10(9)13-12/h1-7,11H,(H,13,14). The molecule has 0 saturated carbocycles. The minimum atomic E-state index is -0.118. The molecule has 0 radical (unpaired) electrons. The molecule has 1 aromatic carbocycles. The van der Waals surface area contributed by atoms with Crippen LogP contribution in [0.15, 0.2) is 41.1 Å². The van der Waals surface area contributed by atoms with Crippen LogP contribution in [0.25, 0.3) is 0 Å². The Morgan fingerprint density at radius 3 is 2.87 bits per heavy atom. The van der Waals surface area contributed by atoms with Crippen LogP contribution in [0.1, 0.15) is 17.0 Å². The van der Waals surface area contributed by atoms with Gasteiger partial charge in [0.1, 0.15) is 0 Å². The predicted molar refractivity (Wildman–Crippen MR) is 61.2 cm³/mol. The van der Waals surface area contributed by atoms with Crippen LogP contribution in [-0.4, -0.2) is 5.91 Å². The number of benzene rings is 1. The van der Waals surface area contributed by atoms with Gasteiger partial charge in [0.25, 0.3) is 0 Å². The lowest BCUT2D eigenvalue weighted by atomic mass is 9.95. The molecule has 1 aromatic heterocycles. The number of rotatable bonds is 1. The minimum Gasteiger partial charge on any atom is -0.325 e. The van der Waals surface area contributed by atoms with Gasteiger partial charge in [-0.25, -0.2) is 0 Å². The molecule has 1 atom stereocenters. The van der Waals surface area contributed by atoms with Crippen molar-refractivity contribution in [2.45, 2.75) is 5.92 Å². The fourth-order valence-corrected chi connectivity index (χ4v) is 2.66. The smallest absolute Gasteiger partial charge is 0.236 e. The van der Waals surface area contributed by atoms with Crippen LogP contribution in [0.2, 0.25) is 0 Å². The highest BCUT2D eigenvalue weighted by molar-refractivity contribution is 7.08. The van der Waals surface area contributed by atoms with E-state index in [2.05, 4.69) is 5.32 Å². The number of para-hydroxylation sites is 1. The van der Waals surface area contributed by atoms with Gasteiger partial charge in [-0.05, 0) is 34.0 Å². The van der Waals surface area contributed by atoms with E-state index in [4.69, 9.17) is 0 Å². The second-order valence-electron chi connectivity index (χ2n) is 3.57. The summed E-state index contributed by atoms with van der Waals surface area (Å²) in [5.41, 5.74) is 3.11. The SMILES string of the molecule is O=C1Nc2ccccc2C1c1ccsc1. The molecule has 1 N–H and O–H groups in total. The summed E-state index contributed by atoms with van der Waals surface area (Å²) in [7, 11) is 0. The van der Waals surface area contributed by atoms with E-state index in [1.165, 1.54) is 0 Å². The Labute approximate surface area is 91.6 Å². The third-order valence-electron chi connectivity index (χ3n) is 2.67. The predicted octanol–water partition coefficient (Wildman–Crippen LogP) is 2.83. The lowest BCUT2D eigenvalue weighted by molar-refractivity contribution is -0.116. The highest BCUT2D eigenvalue weighted by Crippen LogP contribution is 2.37. The Hall–Kier alpha value is -1.61. The molecule has 1 unspecified atom stereocenters. The zero-order valence-corrected chi connectivity index (χ0v) is 8.75. The molecule has 3 rings (SSSR count). The van der Waals surface area contributed by atoms with Crippen molar-refractivity contribution in [3.63, 3.8) is 0 Å². The summed E-state index contributed by atoms with van der Waals surface area (Å²) in [5.74, 6) is -0.0398. The Morgan fingerprint density at radius 1 is 1.20 bits per heavy atom. The van der Waals surface area contributed by atoms with Gasteiger partial charge in [-0.1, -0.05) is 18.2 Å². The molecular weight excluding hydrogens is 206 g/mol. The van der Waals surface area contributed by atoms with Crippen LogP contribution in [0.3, 0.4) is 0 Å². The van der Waals surface area contributed by atoms with Crippen molar-refractivity contribution in [3.05, 3.63) is 52.2 Å². The Balaban J connectivity index is 2.14. The number of amides is 1. The average Bonchev–Trinajstić information content (AvgIpc) is 2.82. The van der Waals surface area contributed by atoms with E-state index in [0.29, 0.717) is 0 Å². The maximum Gasteiger partial charge on any atom is 0.236 e. The van der Waals surface area contributed by atoms with Crippen LogP contribution in [0.4, 0.5) is 5.69 Å². The number of hydrogen-bond acceptors (Lipinski definition) is 2. The molecule has 0 aliphatic carbocycles. The summed E-state index contributed by atoms with van der Waals surface area (Å²) < 4.78 is 0. The average molecular weight is 215 g/mol. The summed E-state index contributed by atoms with van der Waals surface area (Å²) in [5, 5.41) is 6.94. The van der Waals surface area contributed by atoms with Crippen LogP contribution >= 0.6 is 11.3 Å². The fraction of sp³-hybridized carbons (Fsp3) is 0.0833. The fourth-order valence-electron chi connectivity index (χ4n) is 1.98. The van der Waals surface area contributed by atoms with E-state index in [1.54, 1.807) is 11.3 Å². The van der Waals surface area contributed by atoms with Crippen LogP contribution < -0.4 is 5.32 Å². The molecule has 1 amide bonds. The number of hydrogen-bond donors (Lipinski definition) is 1. The Morgan fingerprint density at radius 2 is 2.07 bits per heavy atom. The number of carbonyl (C=O) groups excluding carboxylic acids is 1. The van der Waals surface area contributed by atoms with Gasteiger partial charge in [0.05, 0.1) is 5.92 Å². The number of carbonyl (C=O) groups is 1. The van der Waals surface area contributed by atoms with Gasteiger partial charge < -0.3 is 5.32 Å². The van der Waals surface area contributed by atoms with Crippen molar-refractivity contribution < 1.29 is 4.79 Å². The first kappa shape index (κ1) is 8.68. The van der Waals surface area contributed by atoms with Crippen LogP contribution in [0, 0.1) is 0 Å². The lowest BCUT2D eigenvalue weighted by Gasteiger charge is -2.05. The Kier molecular flexibility index (Phi) is 1.86. The molecule has 0 spiro atoms. The number of nitrogens with one attached hydrogen (secondary N) is 1.